The highest BCUT2D eigenvalue weighted by molar-refractivity contribution is 7.89. The van der Waals surface area contributed by atoms with Crippen molar-refractivity contribution in [1.29, 1.82) is 0 Å². The number of hydrogen-bond donors (Lipinski definition) is 2. The molecule has 116 valence electrons. The Balaban J connectivity index is 2.20. The van der Waals surface area contributed by atoms with Crippen molar-refractivity contribution < 1.29 is 18.1 Å². The number of rotatable bonds is 6. The van der Waals surface area contributed by atoms with Gasteiger partial charge in [-0.2, -0.15) is 0 Å². The van der Waals surface area contributed by atoms with Gasteiger partial charge < -0.3 is 10.1 Å². The molecular weight excluding hydrogens is 298 g/mol. The van der Waals surface area contributed by atoms with Crippen molar-refractivity contribution in [2.75, 3.05) is 25.5 Å². The quantitative estimate of drug-likeness (QED) is 0.600. The molecule has 2 rings (SSSR count). The fourth-order valence-corrected chi connectivity index (χ4v) is 3.41. The van der Waals surface area contributed by atoms with E-state index in [-0.39, 0.29) is 28.9 Å². The van der Waals surface area contributed by atoms with E-state index in [2.05, 4.69) is 10.0 Å². The largest absolute Gasteiger partial charge is 0.387 e. The molecule has 0 aliphatic carbocycles. The third-order valence-electron chi connectivity index (χ3n) is 3.26. The van der Waals surface area contributed by atoms with E-state index in [0.717, 1.165) is 12.8 Å². The first-order valence-electron chi connectivity index (χ1n) is 6.51. The molecule has 9 heteroatoms. The first kappa shape index (κ1) is 15.7. The van der Waals surface area contributed by atoms with E-state index < -0.39 is 14.9 Å². The first-order valence-corrected chi connectivity index (χ1v) is 8.00. The van der Waals surface area contributed by atoms with Crippen molar-refractivity contribution in [2.24, 2.45) is 0 Å². The Hall–Kier alpha value is -1.71. The summed E-state index contributed by atoms with van der Waals surface area (Å²) in [6.07, 6.45) is 1.63. The number of nitro benzene ring substituents is 1. The molecule has 1 unspecified atom stereocenters. The number of nitrogens with one attached hydrogen (secondary N) is 2. The normalized spacial score (nSPS) is 18.6. The van der Waals surface area contributed by atoms with Gasteiger partial charge in [0.25, 0.3) is 5.69 Å². The molecule has 1 aromatic rings. The Morgan fingerprint density at radius 1 is 1.48 bits per heavy atom. The smallest absolute Gasteiger partial charge is 0.271 e. The Kier molecular flexibility index (Phi) is 4.76. The highest BCUT2D eigenvalue weighted by Crippen LogP contribution is 2.26. The van der Waals surface area contributed by atoms with Crippen LogP contribution in [0.3, 0.4) is 0 Å². The second-order valence-electron chi connectivity index (χ2n) is 4.67. The molecule has 1 aromatic carbocycles. The summed E-state index contributed by atoms with van der Waals surface area (Å²) in [5.41, 5.74) is 0.0152. The van der Waals surface area contributed by atoms with E-state index in [4.69, 9.17) is 4.74 Å². The summed E-state index contributed by atoms with van der Waals surface area (Å²) >= 11 is 0. The zero-order valence-electron chi connectivity index (χ0n) is 11.5. The number of benzene rings is 1. The third-order valence-corrected chi connectivity index (χ3v) is 4.74. The van der Waals surface area contributed by atoms with Crippen LogP contribution in [-0.2, 0) is 14.8 Å². The molecule has 21 heavy (non-hydrogen) atoms. The second-order valence-corrected chi connectivity index (χ2v) is 6.41. The zero-order chi connectivity index (χ0) is 15.5. The van der Waals surface area contributed by atoms with E-state index in [1.165, 1.54) is 25.2 Å². The fraction of sp³-hybridized carbons (Fsp3) is 0.500. The van der Waals surface area contributed by atoms with E-state index in [1.54, 1.807) is 0 Å². The monoisotopic (exact) mass is 315 g/mol. The predicted molar refractivity (Wildman–Crippen MR) is 76.8 cm³/mol. The number of sulfonamides is 1. The lowest BCUT2D eigenvalue weighted by molar-refractivity contribution is -0.384. The highest BCUT2D eigenvalue weighted by Gasteiger charge is 2.23. The standard InChI is InChI=1S/C12H17N3O5S/c1-13-11-7-9(15(16)17)4-5-12(11)21(18,19)14-8-10-3-2-6-20-10/h4-5,7,10,13-14H,2-3,6,8H2,1H3. The van der Waals surface area contributed by atoms with Gasteiger partial charge in [0.1, 0.15) is 4.90 Å². The minimum absolute atomic E-state index is 0.0198. The third kappa shape index (κ3) is 3.69. The summed E-state index contributed by atoms with van der Waals surface area (Å²) in [5.74, 6) is 0. The summed E-state index contributed by atoms with van der Waals surface area (Å²) in [7, 11) is -2.24. The van der Waals surface area contributed by atoms with Gasteiger partial charge in [-0.3, -0.25) is 10.1 Å². The van der Waals surface area contributed by atoms with Crippen molar-refractivity contribution in [1.82, 2.24) is 4.72 Å². The van der Waals surface area contributed by atoms with Crippen LogP contribution in [0.25, 0.3) is 0 Å². The lowest BCUT2D eigenvalue weighted by Crippen LogP contribution is -2.32. The van der Waals surface area contributed by atoms with Gasteiger partial charge in [0.2, 0.25) is 10.0 Å². The molecule has 1 aliphatic rings. The molecule has 0 bridgehead atoms. The predicted octanol–water partition coefficient (Wildman–Crippen LogP) is 1.09. The summed E-state index contributed by atoms with van der Waals surface area (Å²) < 4.78 is 32.4. The van der Waals surface area contributed by atoms with Gasteiger partial charge in [-0.05, 0) is 18.9 Å². The second kappa shape index (κ2) is 6.37. The van der Waals surface area contributed by atoms with E-state index >= 15 is 0 Å². The average Bonchev–Trinajstić information content (AvgIpc) is 2.97. The van der Waals surface area contributed by atoms with Crippen LogP contribution in [0.2, 0.25) is 0 Å². The van der Waals surface area contributed by atoms with E-state index in [1.807, 2.05) is 0 Å². The molecule has 0 saturated carbocycles. The molecule has 1 aliphatic heterocycles. The molecule has 0 aromatic heterocycles. The molecule has 0 radical (unpaired) electrons. The number of anilines is 1. The maximum Gasteiger partial charge on any atom is 0.271 e. The number of hydrogen-bond acceptors (Lipinski definition) is 6. The topological polar surface area (TPSA) is 111 Å². The summed E-state index contributed by atoms with van der Waals surface area (Å²) in [4.78, 5) is 10.1. The summed E-state index contributed by atoms with van der Waals surface area (Å²) in [6.45, 7) is 0.841. The fourth-order valence-electron chi connectivity index (χ4n) is 2.15. The van der Waals surface area contributed by atoms with Crippen molar-refractivity contribution in [3.63, 3.8) is 0 Å². The van der Waals surface area contributed by atoms with Gasteiger partial charge >= 0.3 is 0 Å². The molecule has 1 atom stereocenters. The number of nitrogens with zero attached hydrogens (tertiary/aromatic N) is 1. The van der Waals surface area contributed by atoms with Crippen molar-refractivity contribution in [3.8, 4) is 0 Å². The maximum atomic E-state index is 12.3. The van der Waals surface area contributed by atoms with Crippen LogP contribution < -0.4 is 10.0 Å². The molecular formula is C12H17N3O5S. The van der Waals surface area contributed by atoms with Gasteiger partial charge in [0.05, 0.1) is 16.7 Å². The van der Waals surface area contributed by atoms with Gasteiger partial charge in [-0.25, -0.2) is 13.1 Å². The first-order chi connectivity index (χ1) is 9.94. The van der Waals surface area contributed by atoms with Crippen LogP contribution in [-0.4, -0.2) is 39.6 Å². The van der Waals surface area contributed by atoms with Crippen molar-refractivity contribution >= 4 is 21.4 Å². The molecule has 8 nitrogen and oxygen atoms in total. The molecule has 1 saturated heterocycles. The Morgan fingerprint density at radius 2 is 2.24 bits per heavy atom. The van der Waals surface area contributed by atoms with Crippen LogP contribution >= 0.6 is 0 Å². The van der Waals surface area contributed by atoms with Crippen LogP contribution in [0.1, 0.15) is 12.8 Å². The van der Waals surface area contributed by atoms with Gasteiger partial charge in [0.15, 0.2) is 0 Å². The lowest BCUT2D eigenvalue weighted by Gasteiger charge is -2.13. The summed E-state index contributed by atoms with van der Waals surface area (Å²) in [6, 6.07) is 3.59. The van der Waals surface area contributed by atoms with Gasteiger partial charge in [0, 0.05) is 32.3 Å². The zero-order valence-corrected chi connectivity index (χ0v) is 12.4. The molecule has 0 amide bonds. The van der Waals surface area contributed by atoms with Crippen LogP contribution in [0.15, 0.2) is 23.1 Å². The Labute approximate surface area is 122 Å². The van der Waals surface area contributed by atoms with Gasteiger partial charge in [-0.15, -0.1) is 0 Å². The van der Waals surface area contributed by atoms with E-state index in [0.29, 0.717) is 6.61 Å². The van der Waals surface area contributed by atoms with Crippen LogP contribution in [0.5, 0.6) is 0 Å². The Morgan fingerprint density at radius 3 is 2.81 bits per heavy atom. The SMILES string of the molecule is CNc1cc([N+](=O)[O-])ccc1S(=O)(=O)NCC1CCCO1. The summed E-state index contributed by atoms with van der Waals surface area (Å²) in [5, 5.41) is 13.4. The van der Waals surface area contributed by atoms with E-state index in [9.17, 15) is 18.5 Å². The molecule has 2 N–H and O–H groups in total. The molecule has 1 fully saturated rings. The average molecular weight is 315 g/mol. The Bertz CT molecular complexity index is 626. The van der Waals surface area contributed by atoms with Crippen LogP contribution in [0, 0.1) is 10.1 Å². The minimum atomic E-state index is -3.75. The van der Waals surface area contributed by atoms with Gasteiger partial charge in [-0.1, -0.05) is 0 Å². The highest BCUT2D eigenvalue weighted by atomic mass is 32.2. The number of nitro groups is 1. The van der Waals surface area contributed by atoms with Crippen molar-refractivity contribution in [3.05, 3.63) is 28.3 Å². The number of ether oxygens (including phenoxy) is 1. The molecule has 1 heterocycles. The minimum Gasteiger partial charge on any atom is -0.387 e. The molecule has 0 spiro atoms. The maximum absolute atomic E-state index is 12.3. The lowest BCUT2D eigenvalue weighted by atomic mass is 10.2. The number of non-ortho nitro benzene ring substituents is 1. The van der Waals surface area contributed by atoms with Crippen molar-refractivity contribution in [2.45, 2.75) is 23.8 Å². The van der Waals surface area contributed by atoms with Crippen LogP contribution in [0.4, 0.5) is 11.4 Å².